The standard InChI is InChI=1S/C22H25N5O2S/c1-15-12-27(13-16(2)29-15)21-22(26-19-8-4-3-7-18(19)25-21)30-14-20(28)24-11-17-6-5-9-23-10-17/h3-10,15-16H,11-14H2,1-2H3,(H,24,28)/t15-,16+. The number of rotatable bonds is 6. The highest BCUT2D eigenvalue weighted by atomic mass is 32.2. The second-order valence-electron chi connectivity index (χ2n) is 7.43. The number of fused-ring (bicyclic) bond motifs is 1. The van der Waals surface area contributed by atoms with E-state index >= 15 is 0 Å². The Morgan fingerprint density at radius 2 is 1.87 bits per heavy atom. The largest absolute Gasteiger partial charge is 0.372 e. The molecule has 0 unspecified atom stereocenters. The summed E-state index contributed by atoms with van der Waals surface area (Å²) in [7, 11) is 0. The molecule has 4 rings (SSSR count). The molecule has 8 heteroatoms. The lowest BCUT2D eigenvalue weighted by Gasteiger charge is -2.36. The van der Waals surface area contributed by atoms with Gasteiger partial charge in [-0.05, 0) is 37.6 Å². The van der Waals surface area contributed by atoms with Crippen molar-refractivity contribution in [2.45, 2.75) is 37.6 Å². The summed E-state index contributed by atoms with van der Waals surface area (Å²) in [5.41, 5.74) is 2.65. The minimum Gasteiger partial charge on any atom is -0.372 e. The van der Waals surface area contributed by atoms with E-state index in [-0.39, 0.29) is 23.9 Å². The molecule has 1 amide bonds. The smallest absolute Gasteiger partial charge is 0.230 e. The second kappa shape index (κ2) is 9.40. The van der Waals surface area contributed by atoms with E-state index in [1.807, 2.05) is 36.4 Å². The topological polar surface area (TPSA) is 80.2 Å². The molecular weight excluding hydrogens is 398 g/mol. The van der Waals surface area contributed by atoms with Crippen LogP contribution in [-0.2, 0) is 16.1 Å². The Bertz CT molecular complexity index is 1010. The maximum absolute atomic E-state index is 12.4. The van der Waals surface area contributed by atoms with Crippen LogP contribution in [0.1, 0.15) is 19.4 Å². The number of para-hydroxylation sites is 2. The minimum atomic E-state index is -0.0477. The molecule has 1 saturated heterocycles. The minimum absolute atomic E-state index is 0.0477. The van der Waals surface area contributed by atoms with Crippen molar-refractivity contribution < 1.29 is 9.53 Å². The lowest BCUT2D eigenvalue weighted by Crippen LogP contribution is -2.46. The average Bonchev–Trinajstić information content (AvgIpc) is 2.75. The first kappa shape index (κ1) is 20.6. The SMILES string of the molecule is C[C@@H]1CN(c2nc3ccccc3nc2SCC(=O)NCc2cccnc2)C[C@H](C)O1. The molecule has 1 aromatic carbocycles. The van der Waals surface area contributed by atoms with Gasteiger partial charge in [0.05, 0.1) is 29.0 Å². The first-order valence-electron chi connectivity index (χ1n) is 10.0. The molecule has 1 aliphatic rings. The number of ether oxygens (including phenoxy) is 1. The van der Waals surface area contributed by atoms with Gasteiger partial charge in [-0.1, -0.05) is 30.0 Å². The number of nitrogens with one attached hydrogen (secondary N) is 1. The van der Waals surface area contributed by atoms with E-state index in [1.54, 1.807) is 12.4 Å². The Kier molecular flexibility index (Phi) is 6.44. The van der Waals surface area contributed by atoms with Gasteiger partial charge in [-0.2, -0.15) is 0 Å². The van der Waals surface area contributed by atoms with Crippen LogP contribution >= 0.6 is 11.8 Å². The molecule has 0 radical (unpaired) electrons. The van der Waals surface area contributed by atoms with Crippen molar-refractivity contribution in [3.8, 4) is 0 Å². The summed E-state index contributed by atoms with van der Waals surface area (Å²) in [5.74, 6) is 1.05. The van der Waals surface area contributed by atoms with Crippen LogP contribution in [0.15, 0.2) is 53.8 Å². The number of anilines is 1. The predicted molar refractivity (Wildman–Crippen MR) is 119 cm³/mol. The quantitative estimate of drug-likeness (QED) is 0.611. The molecular formula is C22H25N5O2S. The number of hydrogen-bond acceptors (Lipinski definition) is 7. The fourth-order valence-electron chi connectivity index (χ4n) is 3.52. The van der Waals surface area contributed by atoms with Gasteiger partial charge >= 0.3 is 0 Å². The van der Waals surface area contributed by atoms with Crippen LogP contribution in [0.25, 0.3) is 11.0 Å². The predicted octanol–water partition coefficient (Wildman–Crippen LogP) is 3.05. The monoisotopic (exact) mass is 423 g/mol. The summed E-state index contributed by atoms with van der Waals surface area (Å²) in [5, 5.41) is 3.71. The maximum Gasteiger partial charge on any atom is 0.230 e. The van der Waals surface area contributed by atoms with Gasteiger partial charge in [0, 0.05) is 32.0 Å². The Balaban J connectivity index is 1.50. The first-order chi connectivity index (χ1) is 14.6. The van der Waals surface area contributed by atoms with Crippen LogP contribution in [0.2, 0.25) is 0 Å². The number of carbonyl (C=O) groups is 1. The summed E-state index contributed by atoms with van der Waals surface area (Å²) in [6, 6.07) is 11.6. The fourth-order valence-corrected chi connectivity index (χ4v) is 4.35. The molecule has 156 valence electrons. The van der Waals surface area contributed by atoms with E-state index < -0.39 is 0 Å². The lowest BCUT2D eigenvalue weighted by atomic mass is 10.2. The zero-order valence-electron chi connectivity index (χ0n) is 17.1. The van der Waals surface area contributed by atoms with Crippen molar-refractivity contribution in [3.63, 3.8) is 0 Å². The third-order valence-electron chi connectivity index (χ3n) is 4.79. The van der Waals surface area contributed by atoms with Gasteiger partial charge in [0.1, 0.15) is 5.03 Å². The van der Waals surface area contributed by atoms with E-state index in [4.69, 9.17) is 14.7 Å². The number of pyridine rings is 1. The maximum atomic E-state index is 12.4. The number of hydrogen-bond donors (Lipinski definition) is 1. The van der Waals surface area contributed by atoms with Crippen molar-refractivity contribution in [2.75, 3.05) is 23.7 Å². The van der Waals surface area contributed by atoms with Crippen molar-refractivity contribution in [1.29, 1.82) is 0 Å². The van der Waals surface area contributed by atoms with Gasteiger partial charge in [-0.15, -0.1) is 0 Å². The lowest BCUT2D eigenvalue weighted by molar-refractivity contribution is -0.118. The van der Waals surface area contributed by atoms with E-state index in [2.05, 4.69) is 29.0 Å². The highest BCUT2D eigenvalue weighted by molar-refractivity contribution is 8.00. The number of benzene rings is 1. The Morgan fingerprint density at radius 3 is 2.57 bits per heavy atom. The van der Waals surface area contributed by atoms with Crippen molar-refractivity contribution in [1.82, 2.24) is 20.3 Å². The van der Waals surface area contributed by atoms with Crippen LogP contribution < -0.4 is 10.2 Å². The first-order valence-corrected chi connectivity index (χ1v) is 11.0. The molecule has 2 aromatic heterocycles. The summed E-state index contributed by atoms with van der Waals surface area (Å²) in [6.45, 7) is 6.09. The summed E-state index contributed by atoms with van der Waals surface area (Å²) >= 11 is 1.42. The van der Waals surface area contributed by atoms with E-state index in [9.17, 15) is 4.79 Å². The van der Waals surface area contributed by atoms with Crippen LogP contribution in [0.4, 0.5) is 5.82 Å². The van der Waals surface area contributed by atoms with Gasteiger partial charge in [-0.25, -0.2) is 9.97 Å². The molecule has 1 N–H and O–H groups in total. The molecule has 3 aromatic rings. The third-order valence-corrected chi connectivity index (χ3v) is 5.75. The van der Waals surface area contributed by atoms with Crippen LogP contribution in [0, 0.1) is 0 Å². The van der Waals surface area contributed by atoms with E-state index in [0.717, 1.165) is 40.5 Å². The highest BCUT2D eigenvalue weighted by Gasteiger charge is 2.26. The van der Waals surface area contributed by atoms with Gasteiger partial charge in [-0.3, -0.25) is 9.78 Å². The molecule has 0 spiro atoms. The van der Waals surface area contributed by atoms with E-state index in [1.165, 1.54) is 11.8 Å². The molecule has 3 heterocycles. The average molecular weight is 424 g/mol. The molecule has 0 aliphatic carbocycles. The van der Waals surface area contributed by atoms with Crippen molar-refractivity contribution in [3.05, 3.63) is 54.4 Å². The zero-order chi connectivity index (χ0) is 20.9. The van der Waals surface area contributed by atoms with Gasteiger partial charge in [0.25, 0.3) is 0 Å². The van der Waals surface area contributed by atoms with Crippen LogP contribution in [0.3, 0.4) is 0 Å². The van der Waals surface area contributed by atoms with Crippen molar-refractivity contribution in [2.24, 2.45) is 0 Å². The van der Waals surface area contributed by atoms with Gasteiger partial charge in [0.2, 0.25) is 5.91 Å². The van der Waals surface area contributed by atoms with E-state index in [0.29, 0.717) is 6.54 Å². The number of nitrogens with zero attached hydrogens (tertiary/aromatic N) is 4. The number of thioether (sulfide) groups is 1. The second-order valence-corrected chi connectivity index (χ2v) is 8.39. The molecule has 1 aliphatic heterocycles. The molecule has 1 fully saturated rings. The fraction of sp³-hybridized carbons (Fsp3) is 0.364. The molecule has 0 saturated carbocycles. The zero-order valence-corrected chi connectivity index (χ0v) is 17.9. The van der Waals surface area contributed by atoms with Crippen LogP contribution in [0.5, 0.6) is 0 Å². The number of amides is 1. The normalized spacial score (nSPS) is 19.1. The van der Waals surface area contributed by atoms with Gasteiger partial charge < -0.3 is 15.0 Å². The molecule has 30 heavy (non-hydrogen) atoms. The molecule has 7 nitrogen and oxygen atoms in total. The Labute approximate surface area is 180 Å². The number of morpholine rings is 1. The van der Waals surface area contributed by atoms with Crippen LogP contribution in [-0.4, -0.2) is 51.9 Å². The third kappa shape index (κ3) is 5.06. The number of aromatic nitrogens is 3. The number of carbonyl (C=O) groups excluding carboxylic acids is 1. The summed E-state index contributed by atoms with van der Waals surface area (Å²) in [6.07, 6.45) is 3.69. The highest BCUT2D eigenvalue weighted by Crippen LogP contribution is 2.30. The summed E-state index contributed by atoms with van der Waals surface area (Å²) < 4.78 is 5.87. The van der Waals surface area contributed by atoms with Gasteiger partial charge in [0.15, 0.2) is 5.82 Å². The Morgan fingerprint density at radius 1 is 1.13 bits per heavy atom. The summed E-state index contributed by atoms with van der Waals surface area (Å²) in [4.78, 5) is 28.4. The molecule has 0 bridgehead atoms. The molecule has 2 atom stereocenters. The Hall–Kier alpha value is -2.71. The van der Waals surface area contributed by atoms with Crippen molar-refractivity contribution >= 4 is 34.5 Å².